The van der Waals surface area contributed by atoms with E-state index in [0.717, 1.165) is 71.8 Å². The minimum absolute atomic E-state index is 0.0324. The molecular formula is C35H35N9O2. The summed E-state index contributed by atoms with van der Waals surface area (Å²) in [5.74, 6) is 1.84. The summed E-state index contributed by atoms with van der Waals surface area (Å²) >= 11 is 0. The molecule has 0 unspecified atom stereocenters. The van der Waals surface area contributed by atoms with Crippen molar-refractivity contribution >= 4 is 45.6 Å². The lowest BCUT2D eigenvalue weighted by atomic mass is 10.1. The Hall–Kier alpha value is -5.06. The van der Waals surface area contributed by atoms with Crippen LogP contribution in [-0.2, 0) is 11.3 Å². The third kappa shape index (κ3) is 4.64. The van der Waals surface area contributed by atoms with E-state index in [1.54, 1.807) is 4.90 Å². The van der Waals surface area contributed by atoms with E-state index in [2.05, 4.69) is 45.7 Å². The molecule has 9 rings (SSSR count). The van der Waals surface area contributed by atoms with Crippen LogP contribution in [0.25, 0.3) is 16.6 Å². The van der Waals surface area contributed by atoms with Gasteiger partial charge in [-0.3, -0.25) is 19.6 Å². The van der Waals surface area contributed by atoms with Crippen molar-refractivity contribution in [3.8, 4) is 0 Å². The number of imidazole rings is 1. The summed E-state index contributed by atoms with van der Waals surface area (Å²) in [7, 11) is 1.53. The first kappa shape index (κ1) is 27.3. The van der Waals surface area contributed by atoms with Gasteiger partial charge in [-0.1, -0.05) is 0 Å². The van der Waals surface area contributed by atoms with Gasteiger partial charge in [0.1, 0.15) is 12.4 Å². The molecule has 0 spiro atoms. The molecule has 3 amide bonds. The number of urea groups is 1. The lowest BCUT2D eigenvalue weighted by Crippen LogP contribution is -2.37. The molecule has 4 aliphatic rings. The number of benzene rings is 1. The van der Waals surface area contributed by atoms with Crippen molar-refractivity contribution in [2.75, 3.05) is 41.8 Å². The number of rotatable bonds is 8. The molecule has 232 valence electrons. The van der Waals surface area contributed by atoms with E-state index < -0.39 is 0 Å². The molecule has 2 aliphatic carbocycles. The zero-order chi connectivity index (χ0) is 31.1. The Morgan fingerprint density at radius 3 is 2.57 bits per heavy atom. The SMILES string of the molecule is Cc1ccnc([C@H]2C[C@@H]2c2cc(N3CCC3)c3ccc(NCc4cn5cc(C6CC6)cc(N6CC(=O)N(C)C6=O)c5n4)cc3n2)n1. The van der Waals surface area contributed by atoms with Crippen molar-refractivity contribution in [1.29, 1.82) is 0 Å². The molecule has 4 fully saturated rings. The number of fused-ring (bicyclic) bond motifs is 2. The van der Waals surface area contributed by atoms with Gasteiger partial charge < -0.3 is 14.6 Å². The standard InChI is InChI=1S/C35H35N9O2/c1-20-8-9-36-33(38-20)27-14-26(27)29-15-30(42-10-3-11-42)25-7-6-23(13-28(25)40-29)37-16-24-18-43-17-22(21-4-5-21)12-31(34(43)39-24)44-19-32(45)41(2)35(44)46/h6-9,12-13,15,17-18,21,26-27,37H,3-5,10-11,14,16,19H2,1-2H3/t26-,27-/m0/s1. The molecule has 2 aliphatic heterocycles. The Labute approximate surface area is 266 Å². The van der Waals surface area contributed by atoms with Crippen LogP contribution in [0.5, 0.6) is 0 Å². The molecule has 0 bridgehead atoms. The Bertz CT molecular complexity index is 2060. The van der Waals surface area contributed by atoms with Gasteiger partial charge in [0.2, 0.25) is 5.91 Å². The lowest BCUT2D eigenvalue weighted by Gasteiger charge is -2.34. The summed E-state index contributed by atoms with van der Waals surface area (Å²) in [6.45, 7) is 4.69. The smallest absolute Gasteiger partial charge is 0.331 e. The second-order valence-electron chi connectivity index (χ2n) is 13.2. The highest BCUT2D eigenvalue weighted by molar-refractivity contribution is 6.13. The summed E-state index contributed by atoms with van der Waals surface area (Å²) in [6.07, 6.45) is 10.5. The minimum Gasteiger partial charge on any atom is -0.379 e. The number of amides is 3. The lowest BCUT2D eigenvalue weighted by molar-refractivity contribution is -0.123. The average molecular weight is 614 g/mol. The zero-order valence-corrected chi connectivity index (χ0v) is 26.0. The predicted octanol–water partition coefficient (Wildman–Crippen LogP) is 5.35. The number of pyridine rings is 2. The van der Waals surface area contributed by atoms with E-state index in [1.165, 1.54) is 29.6 Å². The molecule has 2 saturated carbocycles. The molecule has 11 nitrogen and oxygen atoms in total. The highest BCUT2D eigenvalue weighted by Gasteiger charge is 2.43. The topological polar surface area (TPSA) is 112 Å². The number of anilines is 3. The number of imide groups is 1. The number of aryl methyl sites for hydroxylation is 1. The normalized spacial score (nSPS) is 21.0. The number of nitrogens with one attached hydrogen (secondary N) is 1. The van der Waals surface area contributed by atoms with Crippen molar-refractivity contribution < 1.29 is 9.59 Å². The Morgan fingerprint density at radius 2 is 1.83 bits per heavy atom. The fourth-order valence-electron chi connectivity index (χ4n) is 6.86. The van der Waals surface area contributed by atoms with E-state index in [9.17, 15) is 9.59 Å². The first-order valence-corrected chi connectivity index (χ1v) is 16.2. The average Bonchev–Trinajstić information content (AvgIpc) is 3.96. The van der Waals surface area contributed by atoms with Gasteiger partial charge >= 0.3 is 6.03 Å². The van der Waals surface area contributed by atoms with Gasteiger partial charge in [0, 0.05) is 78.7 Å². The first-order valence-electron chi connectivity index (χ1n) is 16.2. The number of aromatic nitrogens is 5. The van der Waals surface area contributed by atoms with Gasteiger partial charge in [-0.15, -0.1) is 0 Å². The highest BCUT2D eigenvalue weighted by Crippen LogP contribution is 2.54. The van der Waals surface area contributed by atoms with Crippen LogP contribution in [0.1, 0.15) is 71.9 Å². The molecule has 6 heterocycles. The molecule has 2 atom stereocenters. The third-order valence-corrected chi connectivity index (χ3v) is 9.92. The third-order valence-electron chi connectivity index (χ3n) is 9.92. The van der Waals surface area contributed by atoms with Crippen LogP contribution in [0.2, 0.25) is 0 Å². The van der Waals surface area contributed by atoms with Crippen molar-refractivity contribution in [2.24, 2.45) is 0 Å². The fraction of sp³-hybridized carbons (Fsp3) is 0.371. The van der Waals surface area contributed by atoms with E-state index >= 15 is 0 Å². The monoisotopic (exact) mass is 613 g/mol. The van der Waals surface area contributed by atoms with Gasteiger partial charge in [-0.25, -0.2) is 19.7 Å². The molecular weight excluding hydrogens is 578 g/mol. The maximum Gasteiger partial charge on any atom is 0.331 e. The van der Waals surface area contributed by atoms with E-state index in [-0.39, 0.29) is 18.5 Å². The van der Waals surface area contributed by atoms with Crippen LogP contribution >= 0.6 is 0 Å². The molecule has 5 aromatic rings. The van der Waals surface area contributed by atoms with Crippen molar-refractivity contribution in [3.63, 3.8) is 0 Å². The molecule has 2 saturated heterocycles. The fourth-order valence-corrected chi connectivity index (χ4v) is 6.86. The summed E-state index contributed by atoms with van der Waals surface area (Å²) < 4.78 is 2.01. The van der Waals surface area contributed by atoms with Crippen molar-refractivity contribution in [1.82, 2.24) is 29.2 Å². The second-order valence-corrected chi connectivity index (χ2v) is 13.2. The molecule has 46 heavy (non-hydrogen) atoms. The zero-order valence-electron chi connectivity index (χ0n) is 26.0. The largest absolute Gasteiger partial charge is 0.379 e. The number of nitrogens with zero attached hydrogens (tertiary/aromatic N) is 8. The van der Waals surface area contributed by atoms with E-state index in [1.807, 2.05) is 35.9 Å². The van der Waals surface area contributed by atoms with E-state index in [0.29, 0.717) is 35.6 Å². The number of hydrogen-bond donors (Lipinski definition) is 1. The molecule has 0 radical (unpaired) electrons. The van der Waals surface area contributed by atoms with Crippen LogP contribution in [0, 0.1) is 6.92 Å². The summed E-state index contributed by atoms with van der Waals surface area (Å²) in [5, 5.41) is 4.73. The van der Waals surface area contributed by atoms with Crippen molar-refractivity contribution in [2.45, 2.75) is 56.9 Å². The Kier molecular flexibility index (Phi) is 6.06. The maximum atomic E-state index is 12.9. The number of carbonyl (C=O) groups is 2. The van der Waals surface area contributed by atoms with Crippen LogP contribution in [-0.4, -0.2) is 67.9 Å². The summed E-state index contributed by atoms with van der Waals surface area (Å²) in [4.78, 5) is 49.8. The molecule has 1 N–H and O–H groups in total. The van der Waals surface area contributed by atoms with Crippen LogP contribution in [0.15, 0.2) is 55.0 Å². The second kappa shape index (κ2) is 10.2. The maximum absolute atomic E-state index is 12.9. The minimum atomic E-state index is -0.313. The Balaban J connectivity index is 1.01. The summed E-state index contributed by atoms with van der Waals surface area (Å²) in [5.41, 5.74) is 8.71. The van der Waals surface area contributed by atoms with Gasteiger partial charge in [0.05, 0.1) is 23.4 Å². The quantitative estimate of drug-likeness (QED) is 0.233. The van der Waals surface area contributed by atoms with E-state index in [4.69, 9.17) is 15.0 Å². The van der Waals surface area contributed by atoms with Gasteiger partial charge in [-0.05, 0) is 80.5 Å². The van der Waals surface area contributed by atoms with Gasteiger partial charge in [0.15, 0.2) is 5.65 Å². The van der Waals surface area contributed by atoms with Crippen molar-refractivity contribution in [3.05, 3.63) is 83.5 Å². The number of carbonyl (C=O) groups excluding carboxylic acids is 2. The molecule has 11 heteroatoms. The molecule has 4 aromatic heterocycles. The summed E-state index contributed by atoms with van der Waals surface area (Å²) in [6, 6.07) is 12.4. The first-order chi connectivity index (χ1) is 22.4. The van der Waals surface area contributed by atoms with Gasteiger partial charge in [0.25, 0.3) is 0 Å². The van der Waals surface area contributed by atoms with Crippen LogP contribution in [0.4, 0.5) is 21.9 Å². The predicted molar refractivity (Wildman–Crippen MR) is 175 cm³/mol. The highest BCUT2D eigenvalue weighted by atomic mass is 16.2. The number of hydrogen-bond acceptors (Lipinski definition) is 8. The Morgan fingerprint density at radius 1 is 0.957 bits per heavy atom. The van der Waals surface area contributed by atoms with Crippen LogP contribution in [0.3, 0.4) is 0 Å². The number of likely N-dealkylation sites (N-methyl/N-ethyl adjacent to an activating group) is 1. The molecule has 1 aromatic carbocycles. The van der Waals surface area contributed by atoms with Crippen LogP contribution < -0.4 is 15.1 Å². The van der Waals surface area contributed by atoms with Gasteiger partial charge in [-0.2, -0.15) is 0 Å².